The van der Waals surface area contributed by atoms with Gasteiger partial charge in [0.05, 0.1) is 29.4 Å². The highest BCUT2D eigenvalue weighted by Gasteiger charge is 2.68. The lowest BCUT2D eigenvalue weighted by Crippen LogP contribution is -2.54. The van der Waals surface area contributed by atoms with Crippen molar-refractivity contribution in [2.45, 2.75) is 24.7 Å². The van der Waals surface area contributed by atoms with E-state index in [1.54, 1.807) is 6.21 Å². The maximum absolute atomic E-state index is 14.3. The van der Waals surface area contributed by atoms with Gasteiger partial charge in [0.15, 0.2) is 0 Å². The van der Waals surface area contributed by atoms with E-state index in [1.807, 2.05) is 97.9 Å². The molecule has 3 amide bonds. The van der Waals surface area contributed by atoms with Crippen molar-refractivity contribution in [3.63, 3.8) is 0 Å². The zero-order chi connectivity index (χ0) is 27.4. The Bertz CT molecular complexity index is 1650. The number of aryl methyl sites for hydroxylation is 1. The molecule has 0 spiro atoms. The highest BCUT2D eigenvalue weighted by atomic mass is 16.2. The molecule has 2 atom stereocenters. The number of anilines is 1. The molecule has 196 valence electrons. The number of nitrogens with one attached hydrogen (secondary N) is 1. The molecule has 8 rings (SSSR count). The Morgan fingerprint density at radius 1 is 0.825 bits per heavy atom. The second-order valence-corrected chi connectivity index (χ2v) is 10.8. The van der Waals surface area contributed by atoms with Crippen molar-refractivity contribution in [2.24, 2.45) is 16.9 Å². The van der Waals surface area contributed by atoms with Gasteiger partial charge in [-0.05, 0) is 46.9 Å². The van der Waals surface area contributed by atoms with Gasteiger partial charge in [-0.15, -0.1) is 0 Å². The summed E-state index contributed by atoms with van der Waals surface area (Å²) in [4.78, 5) is 42.7. The lowest BCUT2D eigenvalue weighted by atomic mass is 9.47. The Kier molecular flexibility index (Phi) is 5.52. The third kappa shape index (κ3) is 3.42. The minimum atomic E-state index is -1.02. The molecule has 0 saturated carbocycles. The van der Waals surface area contributed by atoms with Gasteiger partial charge in [0, 0.05) is 12.1 Å². The maximum Gasteiger partial charge on any atom is 0.244 e. The van der Waals surface area contributed by atoms with Crippen LogP contribution in [0.3, 0.4) is 0 Å². The molecule has 0 aromatic heterocycles. The van der Waals surface area contributed by atoms with E-state index in [2.05, 4.69) is 22.7 Å². The Morgan fingerprint density at radius 3 is 2.08 bits per heavy atom. The Hall–Kier alpha value is -4.84. The van der Waals surface area contributed by atoms with Crippen LogP contribution in [-0.2, 0) is 26.2 Å². The van der Waals surface area contributed by atoms with Crippen molar-refractivity contribution in [3.8, 4) is 0 Å². The summed E-state index contributed by atoms with van der Waals surface area (Å²) in [5, 5.41) is 4.48. The third-order valence-corrected chi connectivity index (χ3v) is 8.64. The van der Waals surface area contributed by atoms with Gasteiger partial charge in [0.2, 0.25) is 17.7 Å². The van der Waals surface area contributed by atoms with Crippen molar-refractivity contribution in [1.82, 2.24) is 5.43 Å². The van der Waals surface area contributed by atoms with E-state index in [0.29, 0.717) is 5.69 Å². The Labute approximate surface area is 232 Å². The Morgan fingerprint density at radius 2 is 1.43 bits per heavy atom. The molecule has 2 bridgehead atoms. The predicted molar refractivity (Wildman–Crippen MR) is 153 cm³/mol. The SMILES string of the molecule is Cc1ccc(N2C(=O)[C@H]3C4c5ccccc5C(/C=N\NC(=O)Cc5ccccc5)(c5ccccc54)[C@H]3C2=O)cc1. The second kappa shape index (κ2) is 9.12. The van der Waals surface area contributed by atoms with Crippen LogP contribution in [0.25, 0.3) is 0 Å². The molecule has 6 nitrogen and oxygen atoms in total. The van der Waals surface area contributed by atoms with Gasteiger partial charge in [-0.3, -0.25) is 14.4 Å². The van der Waals surface area contributed by atoms with Crippen molar-refractivity contribution in [3.05, 3.63) is 137 Å². The molecule has 1 heterocycles. The van der Waals surface area contributed by atoms with Crippen molar-refractivity contribution in [2.75, 3.05) is 4.90 Å². The minimum absolute atomic E-state index is 0.186. The smallest absolute Gasteiger partial charge is 0.244 e. The zero-order valence-corrected chi connectivity index (χ0v) is 22.0. The van der Waals surface area contributed by atoms with Gasteiger partial charge in [-0.25, -0.2) is 10.3 Å². The van der Waals surface area contributed by atoms with Crippen LogP contribution in [0, 0.1) is 18.8 Å². The third-order valence-electron chi connectivity index (χ3n) is 8.64. The number of hydrogen-bond donors (Lipinski definition) is 1. The number of imide groups is 1. The molecule has 1 saturated heterocycles. The molecule has 1 fully saturated rings. The summed E-state index contributed by atoms with van der Waals surface area (Å²) >= 11 is 0. The minimum Gasteiger partial charge on any atom is -0.274 e. The molecule has 0 radical (unpaired) electrons. The first-order chi connectivity index (χ1) is 19.5. The van der Waals surface area contributed by atoms with E-state index < -0.39 is 17.3 Å². The fourth-order valence-corrected chi connectivity index (χ4v) is 7.02. The van der Waals surface area contributed by atoms with E-state index in [0.717, 1.165) is 33.4 Å². The number of hydrogen-bond acceptors (Lipinski definition) is 4. The van der Waals surface area contributed by atoms with Crippen LogP contribution < -0.4 is 10.3 Å². The van der Waals surface area contributed by atoms with Gasteiger partial charge >= 0.3 is 0 Å². The summed E-state index contributed by atoms with van der Waals surface area (Å²) in [6, 6.07) is 33.0. The zero-order valence-electron chi connectivity index (χ0n) is 22.0. The summed E-state index contributed by atoms with van der Waals surface area (Å²) in [6.07, 6.45) is 1.88. The number of amides is 3. The summed E-state index contributed by atoms with van der Waals surface area (Å²) in [5.74, 6) is -2.20. The topological polar surface area (TPSA) is 78.8 Å². The van der Waals surface area contributed by atoms with E-state index in [9.17, 15) is 14.4 Å². The number of carbonyl (C=O) groups excluding carboxylic acids is 3. The first-order valence-corrected chi connectivity index (χ1v) is 13.5. The highest BCUT2D eigenvalue weighted by molar-refractivity contribution is 6.25. The lowest BCUT2D eigenvalue weighted by Gasteiger charge is -2.52. The fourth-order valence-electron chi connectivity index (χ4n) is 7.02. The number of benzene rings is 4. The van der Waals surface area contributed by atoms with Crippen molar-refractivity contribution in [1.29, 1.82) is 0 Å². The molecule has 1 aliphatic heterocycles. The molecule has 40 heavy (non-hydrogen) atoms. The molecule has 4 aliphatic rings. The van der Waals surface area contributed by atoms with Crippen LogP contribution in [0.5, 0.6) is 0 Å². The summed E-state index contributed by atoms with van der Waals surface area (Å²) in [6.45, 7) is 1.97. The summed E-state index contributed by atoms with van der Waals surface area (Å²) in [7, 11) is 0. The first kappa shape index (κ1) is 24.2. The van der Waals surface area contributed by atoms with Gasteiger partial charge < -0.3 is 0 Å². The first-order valence-electron chi connectivity index (χ1n) is 13.5. The number of carbonyl (C=O) groups is 3. The second-order valence-electron chi connectivity index (χ2n) is 10.8. The molecule has 1 N–H and O–H groups in total. The molecule has 0 unspecified atom stereocenters. The van der Waals surface area contributed by atoms with Gasteiger partial charge in [-0.2, -0.15) is 5.10 Å². The molecule has 6 heteroatoms. The van der Waals surface area contributed by atoms with Crippen molar-refractivity contribution >= 4 is 29.6 Å². The van der Waals surface area contributed by atoms with Crippen molar-refractivity contribution < 1.29 is 14.4 Å². The van der Waals surface area contributed by atoms with Gasteiger partial charge in [-0.1, -0.05) is 96.6 Å². The number of nitrogens with zero attached hydrogens (tertiary/aromatic N) is 2. The van der Waals surface area contributed by atoms with Gasteiger partial charge in [0.1, 0.15) is 0 Å². The van der Waals surface area contributed by atoms with Crippen LogP contribution in [0.15, 0.2) is 108 Å². The Balaban J connectivity index is 1.36. The van der Waals surface area contributed by atoms with Crippen LogP contribution >= 0.6 is 0 Å². The fraction of sp³-hybridized carbons (Fsp3) is 0.176. The lowest BCUT2D eigenvalue weighted by molar-refractivity contribution is -0.123. The van der Waals surface area contributed by atoms with Crippen LogP contribution in [0.2, 0.25) is 0 Å². The van der Waals surface area contributed by atoms with E-state index in [-0.39, 0.29) is 30.1 Å². The summed E-state index contributed by atoms with van der Waals surface area (Å²) in [5.41, 5.74) is 8.14. The normalized spacial score (nSPS) is 24.1. The predicted octanol–water partition coefficient (Wildman–Crippen LogP) is 4.89. The molecule has 4 aromatic rings. The average molecular weight is 526 g/mol. The monoisotopic (exact) mass is 525 g/mol. The van der Waals surface area contributed by atoms with E-state index in [1.165, 1.54) is 4.90 Å². The van der Waals surface area contributed by atoms with Crippen LogP contribution in [0.1, 0.15) is 39.3 Å². The van der Waals surface area contributed by atoms with E-state index in [4.69, 9.17) is 0 Å². The van der Waals surface area contributed by atoms with Crippen LogP contribution in [0.4, 0.5) is 5.69 Å². The molecule has 4 aromatic carbocycles. The number of rotatable bonds is 5. The van der Waals surface area contributed by atoms with Gasteiger partial charge in [0.25, 0.3) is 0 Å². The maximum atomic E-state index is 14.3. The quantitative estimate of drug-likeness (QED) is 0.229. The van der Waals surface area contributed by atoms with E-state index >= 15 is 0 Å². The largest absolute Gasteiger partial charge is 0.274 e. The molecular formula is C34H27N3O3. The molecule has 3 aliphatic carbocycles. The average Bonchev–Trinajstić information content (AvgIpc) is 3.25. The molecular weight excluding hydrogens is 498 g/mol. The van der Waals surface area contributed by atoms with Crippen LogP contribution in [-0.4, -0.2) is 23.9 Å². The highest BCUT2D eigenvalue weighted by Crippen LogP contribution is 2.63. The number of hydrazone groups is 1. The summed E-state index contributed by atoms with van der Waals surface area (Å²) < 4.78 is 0. The standard InChI is InChI=1S/C34H27N3O3/c1-21-15-17-23(18-16-21)37-32(39)30-29-24-11-5-7-13-26(24)34(31(30)33(37)40,27-14-8-6-12-25(27)29)20-35-36-28(38)19-22-9-3-2-4-10-22/h2-18,20,29-31H,19H2,1H3,(H,36,38)/b35-20-/t29?,30-,31+,34?/m0/s1.